The summed E-state index contributed by atoms with van der Waals surface area (Å²) in [5, 5.41) is 5.80. The zero-order valence-electron chi connectivity index (χ0n) is 10.9. The third-order valence-electron chi connectivity index (χ3n) is 2.78. The first-order valence-electron chi connectivity index (χ1n) is 5.76. The van der Waals surface area contributed by atoms with Gasteiger partial charge in [-0.25, -0.2) is 0 Å². The first-order valence-corrected chi connectivity index (χ1v) is 5.76. The Morgan fingerprint density at radius 2 is 2.22 bits per heavy atom. The molecule has 7 heteroatoms. The van der Waals surface area contributed by atoms with Crippen LogP contribution in [0.15, 0.2) is 0 Å². The Labute approximate surface area is 113 Å². The second kappa shape index (κ2) is 8.29. The molecule has 0 bridgehead atoms. The van der Waals surface area contributed by atoms with Crippen LogP contribution in [0.3, 0.4) is 0 Å². The minimum atomic E-state index is -0.353. The maximum atomic E-state index is 11.8. The van der Waals surface area contributed by atoms with Gasteiger partial charge in [-0.3, -0.25) is 9.59 Å². The first-order chi connectivity index (χ1) is 8.06. The van der Waals surface area contributed by atoms with Crippen molar-refractivity contribution in [1.29, 1.82) is 0 Å². The van der Waals surface area contributed by atoms with Crippen LogP contribution in [0, 0.1) is 5.92 Å². The number of amides is 1. The molecule has 1 aliphatic heterocycles. The van der Waals surface area contributed by atoms with Crippen LogP contribution < -0.4 is 10.6 Å². The minimum Gasteiger partial charge on any atom is -0.469 e. The molecule has 1 aliphatic rings. The summed E-state index contributed by atoms with van der Waals surface area (Å²) < 4.78 is 9.95. The Balaban J connectivity index is 0.00000289. The van der Waals surface area contributed by atoms with Crippen LogP contribution in [0.4, 0.5) is 0 Å². The van der Waals surface area contributed by atoms with Crippen LogP contribution in [-0.4, -0.2) is 50.8 Å². The lowest BCUT2D eigenvalue weighted by molar-refractivity contribution is -0.144. The van der Waals surface area contributed by atoms with E-state index in [-0.39, 0.29) is 48.9 Å². The second-order valence-corrected chi connectivity index (χ2v) is 4.18. The molecular weight excluding hydrogens is 260 g/mol. The molecular formula is C11H21ClN2O4. The minimum absolute atomic E-state index is 0. The maximum Gasteiger partial charge on any atom is 0.310 e. The monoisotopic (exact) mass is 280 g/mol. The van der Waals surface area contributed by atoms with E-state index in [1.165, 1.54) is 7.11 Å². The Kier molecular flexibility index (Phi) is 7.90. The fourth-order valence-corrected chi connectivity index (χ4v) is 1.68. The molecule has 0 radical (unpaired) electrons. The molecule has 0 aromatic heterocycles. The highest BCUT2D eigenvalue weighted by molar-refractivity contribution is 5.85. The van der Waals surface area contributed by atoms with Crippen molar-refractivity contribution < 1.29 is 19.1 Å². The molecule has 3 atom stereocenters. The molecule has 0 saturated carbocycles. The van der Waals surface area contributed by atoms with Crippen molar-refractivity contribution in [3.8, 4) is 0 Å². The lowest BCUT2D eigenvalue weighted by atomic mass is 10.1. The standard InChI is InChI=1S/C11H20N2O4.ClH/c1-7(11(15)16-3)6-13-10(14)9-8(2)17-5-4-12-9;/h7-9,12H,4-6H2,1-3H3,(H,13,14);1H/t7?,8-,9+;/m1./s1. The number of esters is 1. The average Bonchev–Trinajstić information content (AvgIpc) is 2.35. The van der Waals surface area contributed by atoms with Crippen molar-refractivity contribution in [2.75, 3.05) is 26.8 Å². The number of halogens is 1. The van der Waals surface area contributed by atoms with E-state index in [1.54, 1.807) is 6.92 Å². The zero-order valence-corrected chi connectivity index (χ0v) is 11.7. The van der Waals surface area contributed by atoms with Crippen LogP contribution in [0.25, 0.3) is 0 Å². The van der Waals surface area contributed by atoms with E-state index in [0.717, 1.165) is 0 Å². The highest BCUT2D eigenvalue weighted by Gasteiger charge is 2.28. The van der Waals surface area contributed by atoms with Gasteiger partial charge in [-0.15, -0.1) is 12.4 Å². The molecule has 1 saturated heterocycles. The molecule has 18 heavy (non-hydrogen) atoms. The van der Waals surface area contributed by atoms with Crippen molar-refractivity contribution in [2.45, 2.75) is 26.0 Å². The summed E-state index contributed by atoms with van der Waals surface area (Å²) in [6.07, 6.45) is -0.155. The summed E-state index contributed by atoms with van der Waals surface area (Å²) in [6.45, 7) is 5.11. The molecule has 0 aromatic carbocycles. The van der Waals surface area contributed by atoms with Crippen LogP contribution in [-0.2, 0) is 19.1 Å². The highest BCUT2D eigenvalue weighted by Crippen LogP contribution is 2.04. The Hall–Kier alpha value is -0.850. The summed E-state index contributed by atoms with van der Waals surface area (Å²) in [6, 6.07) is -0.353. The summed E-state index contributed by atoms with van der Waals surface area (Å²) in [4.78, 5) is 23.0. The normalized spacial score (nSPS) is 24.6. The second-order valence-electron chi connectivity index (χ2n) is 4.18. The number of methoxy groups -OCH3 is 1. The van der Waals surface area contributed by atoms with Gasteiger partial charge in [0.2, 0.25) is 5.91 Å². The number of ether oxygens (including phenoxy) is 2. The largest absolute Gasteiger partial charge is 0.469 e. The fraction of sp³-hybridized carbons (Fsp3) is 0.818. The van der Waals surface area contributed by atoms with Crippen molar-refractivity contribution in [2.24, 2.45) is 5.92 Å². The summed E-state index contributed by atoms with van der Waals surface area (Å²) in [5.74, 6) is -0.817. The van der Waals surface area contributed by atoms with Crippen LogP contribution >= 0.6 is 12.4 Å². The molecule has 1 fully saturated rings. The molecule has 2 N–H and O–H groups in total. The quantitative estimate of drug-likeness (QED) is 0.692. The number of hydrogen-bond donors (Lipinski definition) is 2. The smallest absolute Gasteiger partial charge is 0.310 e. The number of rotatable bonds is 4. The van der Waals surface area contributed by atoms with Gasteiger partial charge >= 0.3 is 5.97 Å². The van der Waals surface area contributed by atoms with Crippen LogP contribution in [0.2, 0.25) is 0 Å². The Morgan fingerprint density at radius 1 is 1.56 bits per heavy atom. The van der Waals surface area contributed by atoms with Gasteiger partial charge in [0.05, 0.1) is 25.7 Å². The van der Waals surface area contributed by atoms with E-state index in [9.17, 15) is 9.59 Å². The number of hydrogen-bond acceptors (Lipinski definition) is 5. The zero-order chi connectivity index (χ0) is 12.8. The van der Waals surface area contributed by atoms with Gasteiger partial charge in [0.1, 0.15) is 6.04 Å². The van der Waals surface area contributed by atoms with Gasteiger partial charge in [0.15, 0.2) is 0 Å². The number of carbonyl (C=O) groups is 2. The van der Waals surface area contributed by atoms with Crippen molar-refractivity contribution in [1.82, 2.24) is 10.6 Å². The van der Waals surface area contributed by atoms with Crippen molar-refractivity contribution in [3.05, 3.63) is 0 Å². The predicted octanol–water partition coefficient (Wildman–Crippen LogP) is -0.290. The molecule has 1 rings (SSSR count). The lowest BCUT2D eigenvalue weighted by Crippen LogP contribution is -2.56. The molecule has 6 nitrogen and oxygen atoms in total. The van der Waals surface area contributed by atoms with Gasteiger partial charge in [0.25, 0.3) is 0 Å². The van der Waals surface area contributed by atoms with Crippen molar-refractivity contribution in [3.63, 3.8) is 0 Å². The molecule has 1 heterocycles. The molecule has 1 amide bonds. The van der Waals surface area contributed by atoms with E-state index < -0.39 is 0 Å². The fourth-order valence-electron chi connectivity index (χ4n) is 1.68. The summed E-state index contributed by atoms with van der Waals surface area (Å²) in [7, 11) is 1.33. The van der Waals surface area contributed by atoms with Crippen LogP contribution in [0.5, 0.6) is 0 Å². The van der Waals surface area contributed by atoms with Crippen molar-refractivity contribution >= 4 is 24.3 Å². The van der Waals surface area contributed by atoms with Gasteiger partial charge < -0.3 is 20.1 Å². The highest BCUT2D eigenvalue weighted by atomic mass is 35.5. The molecule has 0 spiro atoms. The van der Waals surface area contributed by atoms with E-state index in [2.05, 4.69) is 15.4 Å². The Morgan fingerprint density at radius 3 is 2.78 bits per heavy atom. The topological polar surface area (TPSA) is 76.7 Å². The molecule has 1 unspecified atom stereocenters. The van der Waals surface area contributed by atoms with Gasteiger partial charge in [-0.1, -0.05) is 6.92 Å². The third kappa shape index (κ3) is 4.80. The van der Waals surface area contributed by atoms with Gasteiger partial charge in [0, 0.05) is 13.1 Å². The maximum absolute atomic E-state index is 11.8. The van der Waals surface area contributed by atoms with E-state index in [1.807, 2.05) is 6.92 Å². The van der Waals surface area contributed by atoms with Gasteiger partial charge in [-0.05, 0) is 6.92 Å². The van der Waals surface area contributed by atoms with E-state index in [4.69, 9.17) is 4.74 Å². The third-order valence-corrected chi connectivity index (χ3v) is 2.78. The summed E-state index contributed by atoms with van der Waals surface area (Å²) in [5.41, 5.74) is 0. The molecule has 0 aliphatic carbocycles. The first kappa shape index (κ1) is 17.2. The average molecular weight is 281 g/mol. The summed E-state index contributed by atoms with van der Waals surface area (Å²) >= 11 is 0. The molecule has 106 valence electrons. The van der Waals surface area contributed by atoms with E-state index >= 15 is 0 Å². The number of morpholine rings is 1. The van der Waals surface area contributed by atoms with Crippen LogP contribution in [0.1, 0.15) is 13.8 Å². The predicted molar refractivity (Wildman–Crippen MR) is 68.6 cm³/mol. The number of nitrogens with one attached hydrogen (secondary N) is 2. The lowest BCUT2D eigenvalue weighted by Gasteiger charge is -2.29. The van der Waals surface area contributed by atoms with Gasteiger partial charge in [-0.2, -0.15) is 0 Å². The van der Waals surface area contributed by atoms with E-state index in [0.29, 0.717) is 13.2 Å². The Bertz CT molecular complexity index is 288. The SMILES string of the molecule is COC(=O)C(C)CNC(=O)[C@H]1NCCO[C@@H]1C.Cl. The number of carbonyl (C=O) groups excluding carboxylic acids is 2. The molecule has 0 aromatic rings.